The van der Waals surface area contributed by atoms with E-state index in [2.05, 4.69) is 16.6 Å². The molecule has 1 aromatic carbocycles. The summed E-state index contributed by atoms with van der Waals surface area (Å²) in [6.45, 7) is 2.67. The molecule has 7 nitrogen and oxygen atoms in total. The molecule has 1 aliphatic rings. The number of ether oxygens (including phenoxy) is 2. The van der Waals surface area contributed by atoms with Crippen LogP contribution in [0.15, 0.2) is 45.9 Å². The smallest absolute Gasteiger partial charge is 0.245 e. The molecule has 2 heterocycles. The van der Waals surface area contributed by atoms with Crippen LogP contribution in [-0.2, 0) is 14.3 Å². The van der Waals surface area contributed by atoms with E-state index >= 15 is 0 Å². The van der Waals surface area contributed by atoms with Crippen LogP contribution in [0.25, 0.3) is 11.3 Å². The fraction of sp³-hybridized carbons (Fsp3) is 0.278. The Kier molecular flexibility index (Phi) is 4.93. The van der Waals surface area contributed by atoms with Gasteiger partial charge in [-0.1, -0.05) is 12.1 Å². The van der Waals surface area contributed by atoms with Crippen LogP contribution in [0, 0.1) is 11.3 Å². The Morgan fingerprint density at radius 3 is 2.84 bits per heavy atom. The van der Waals surface area contributed by atoms with Crippen LogP contribution >= 0.6 is 0 Å². The number of rotatable bonds is 5. The van der Waals surface area contributed by atoms with Crippen molar-refractivity contribution in [1.82, 2.24) is 5.43 Å². The molecule has 1 amide bonds. The zero-order valence-electron chi connectivity index (χ0n) is 13.7. The molecular formula is C18H17N3O4. The van der Waals surface area contributed by atoms with Gasteiger partial charge in [0.25, 0.3) is 0 Å². The molecule has 0 bridgehead atoms. The van der Waals surface area contributed by atoms with E-state index in [0.29, 0.717) is 35.9 Å². The number of carbonyl (C=O) groups is 1. The first-order valence-corrected chi connectivity index (χ1v) is 7.79. The van der Waals surface area contributed by atoms with Crippen molar-refractivity contribution >= 4 is 12.1 Å². The first kappa shape index (κ1) is 16.9. The molecule has 1 saturated heterocycles. The molecule has 0 radical (unpaired) electrons. The summed E-state index contributed by atoms with van der Waals surface area (Å²) in [5.74, 6) is -0.187. The van der Waals surface area contributed by atoms with Gasteiger partial charge < -0.3 is 13.9 Å². The van der Waals surface area contributed by atoms with Crippen LogP contribution in [-0.4, -0.2) is 31.1 Å². The van der Waals surface area contributed by atoms with E-state index in [1.165, 1.54) is 6.21 Å². The second kappa shape index (κ2) is 7.30. The summed E-state index contributed by atoms with van der Waals surface area (Å²) in [7, 11) is 0. The number of hydrazone groups is 1. The Morgan fingerprint density at radius 2 is 2.08 bits per heavy atom. The van der Waals surface area contributed by atoms with Crippen molar-refractivity contribution in [3.63, 3.8) is 0 Å². The van der Waals surface area contributed by atoms with Crippen LogP contribution in [0.5, 0.6) is 0 Å². The molecule has 1 aliphatic heterocycles. The van der Waals surface area contributed by atoms with Crippen LogP contribution in [0.3, 0.4) is 0 Å². The predicted octanol–water partition coefficient (Wildman–Crippen LogP) is 2.42. The minimum absolute atomic E-state index is 0.0588. The molecule has 25 heavy (non-hydrogen) atoms. The summed E-state index contributed by atoms with van der Waals surface area (Å²) in [6.07, 6.45) is 1.46. The highest BCUT2D eigenvalue weighted by Gasteiger charge is 2.33. The molecule has 0 spiro atoms. The highest BCUT2D eigenvalue weighted by molar-refractivity contribution is 5.81. The van der Waals surface area contributed by atoms with Crippen LogP contribution in [0.1, 0.15) is 24.7 Å². The fourth-order valence-electron chi connectivity index (χ4n) is 2.52. The molecule has 128 valence electrons. The third kappa shape index (κ3) is 4.12. The third-order valence-corrected chi connectivity index (χ3v) is 3.70. The summed E-state index contributed by atoms with van der Waals surface area (Å²) in [5.41, 5.74) is 3.65. The molecule has 0 atom stereocenters. The van der Waals surface area contributed by atoms with Crippen molar-refractivity contribution in [2.45, 2.75) is 19.1 Å². The Balaban J connectivity index is 1.60. The lowest BCUT2D eigenvalue weighted by Gasteiger charge is -2.20. The summed E-state index contributed by atoms with van der Waals surface area (Å²) in [4.78, 5) is 11.9. The maximum atomic E-state index is 11.9. The lowest BCUT2D eigenvalue weighted by Crippen LogP contribution is -2.33. The van der Waals surface area contributed by atoms with Crippen molar-refractivity contribution in [3.8, 4) is 17.4 Å². The van der Waals surface area contributed by atoms with Gasteiger partial charge in [-0.2, -0.15) is 10.4 Å². The maximum Gasteiger partial charge on any atom is 0.245 e. The number of nitriles is 1. The highest BCUT2D eigenvalue weighted by atomic mass is 16.7. The van der Waals surface area contributed by atoms with Gasteiger partial charge in [-0.05, 0) is 31.2 Å². The molecule has 3 rings (SSSR count). The Bertz CT molecular complexity index is 829. The standard InChI is InChI=1S/C18H17N3O4/c1-18(23-8-9-24-18)10-17(22)21-20-12-14-6-7-16(25-14)15-5-3-2-4-13(15)11-19/h2-7,12H,8-10H2,1H3,(H,21,22)/b20-12-. The zero-order valence-corrected chi connectivity index (χ0v) is 13.7. The number of hydrogen-bond donors (Lipinski definition) is 1. The molecule has 0 aliphatic carbocycles. The lowest BCUT2D eigenvalue weighted by atomic mass is 10.1. The maximum absolute atomic E-state index is 11.9. The average Bonchev–Trinajstić information content (AvgIpc) is 3.24. The van der Waals surface area contributed by atoms with Crippen molar-refractivity contribution in [1.29, 1.82) is 5.26 Å². The Morgan fingerprint density at radius 1 is 1.32 bits per heavy atom. The van der Waals surface area contributed by atoms with Crippen molar-refractivity contribution in [2.75, 3.05) is 13.2 Å². The van der Waals surface area contributed by atoms with Gasteiger partial charge >= 0.3 is 0 Å². The summed E-state index contributed by atoms with van der Waals surface area (Å²) in [5, 5.41) is 13.0. The van der Waals surface area contributed by atoms with Crippen molar-refractivity contribution in [3.05, 3.63) is 47.7 Å². The minimum Gasteiger partial charge on any atom is -0.455 e. The number of nitrogens with zero attached hydrogens (tertiary/aromatic N) is 2. The lowest BCUT2D eigenvalue weighted by molar-refractivity contribution is -0.159. The zero-order chi connectivity index (χ0) is 17.7. The molecule has 7 heteroatoms. The molecule has 1 aromatic heterocycles. The monoisotopic (exact) mass is 339 g/mol. The highest BCUT2D eigenvalue weighted by Crippen LogP contribution is 2.25. The van der Waals surface area contributed by atoms with Gasteiger partial charge in [-0.3, -0.25) is 4.79 Å². The van der Waals surface area contributed by atoms with Crippen LogP contribution in [0.2, 0.25) is 0 Å². The van der Waals surface area contributed by atoms with E-state index in [4.69, 9.17) is 19.2 Å². The van der Waals surface area contributed by atoms with Crippen LogP contribution in [0.4, 0.5) is 0 Å². The van der Waals surface area contributed by atoms with Gasteiger partial charge in [0.2, 0.25) is 5.91 Å². The van der Waals surface area contributed by atoms with Gasteiger partial charge in [0.15, 0.2) is 5.79 Å². The molecule has 2 aromatic rings. The number of amides is 1. The summed E-state index contributed by atoms with van der Waals surface area (Å²) >= 11 is 0. The second-order valence-electron chi connectivity index (χ2n) is 5.66. The first-order valence-electron chi connectivity index (χ1n) is 7.79. The third-order valence-electron chi connectivity index (χ3n) is 3.70. The molecule has 1 fully saturated rings. The molecule has 0 saturated carbocycles. The van der Waals surface area contributed by atoms with Gasteiger partial charge in [-0.15, -0.1) is 0 Å². The number of nitrogens with one attached hydrogen (secondary N) is 1. The number of hydrogen-bond acceptors (Lipinski definition) is 6. The first-order chi connectivity index (χ1) is 12.1. The quantitative estimate of drug-likeness (QED) is 0.666. The van der Waals surface area contributed by atoms with E-state index in [1.807, 2.05) is 12.1 Å². The van der Waals surface area contributed by atoms with Gasteiger partial charge in [0.05, 0.1) is 37.5 Å². The number of carbonyl (C=O) groups excluding carboxylic acids is 1. The normalized spacial score (nSPS) is 16.0. The predicted molar refractivity (Wildman–Crippen MR) is 89.5 cm³/mol. The summed E-state index contributed by atoms with van der Waals surface area (Å²) < 4.78 is 16.4. The Hall–Kier alpha value is -2.95. The van der Waals surface area contributed by atoms with E-state index in [9.17, 15) is 4.79 Å². The number of furan rings is 1. The topological polar surface area (TPSA) is 96.9 Å². The van der Waals surface area contributed by atoms with E-state index in [-0.39, 0.29) is 12.3 Å². The minimum atomic E-state index is -0.890. The summed E-state index contributed by atoms with van der Waals surface area (Å²) in [6, 6.07) is 12.7. The fourth-order valence-corrected chi connectivity index (χ4v) is 2.52. The van der Waals surface area contributed by atoms with Gasteiger partial charge in [0, 0.05) is 5.56 Å². The van der Waals surface area contributed by atoms with Gasteiger partial charge in [-0.25, -0.2) is 5.43 Å². The van der Waals surface area contributed by atoms with E-state index in [1.54, 1.807) is 31.2 Å². The van der Waals surface area contributed by atoms with Crippen molar-refractivity contribution in [2.24, 2.45) is 5.10 Å². The SMILES string of the molecule is CC1(CC(=O)N/N=C\c2ccc(-c3ccccc3C#N)o2)OCCO1. The molecule has 0 unspecified atom stereocenters. The van der Waals surface area contributed by atoms with Crippen molar-refractivity contribution < 1.29 is 18.7 Å². The molecular weight excluding hydrogens is 322 g/mol. The second-order valence-corrected chi connectivity index (χ2v) is 5.66. The largest absolute Gasteiger partial charge is 0.455 e. The van der Waals surface area contributed by atoms with Gasteiger partial charge in [0.1, 0.15) is 11.5 Å². The van der Waals surface area contributed by atoms with E-state index in [0.717, 1.165) is 0 Å². The molecule has 1 N–H and O–H groups in total. The average molecular weight is 339 g/mol. The number of benzene rings is 1. The van der Waals surface area contributed by atoms with E-state index < -0.39 is 5.79 Å². The van der Waals surface area contributed by atoms with Crippen LogP contribution < -0.4 is 5.43 Å². The Labute approximate surface area is 144 Å².